The summed E-state index contributed by atoms with van der Waals surface area (Å²) in [6, 6.07) is 0. The van der Waals surface area contributed by atoms with E-state index in [1.54, 1.807) is 0 Å². The molecule has 0 fully saturated rings. The van der Waals surface area contributed by atoms with E-state index in [1.165, 1.54) is 6.42 Å². The topological polar surface area (TPSA) is 9.23 Å². The Labute approximate surface area is 88.9 Å². The van der Waals surface area contributed by atoms with Crippen LogP contribution in [0.5, 0.6) is 0 Å². The standard InChI is InChI=1S/C13H24O/c1-4-5-6-7-8-9-11-14-12-10-13(2)3/h4,8-9,13H,1,5-7,10-12H2,2-3H3/b9-8+. The van der Waals surface area contributed by atoms with Gasteiger partial charge in [-0.2, -0.15) is 0 Å². The Morgan fingerprint density at radius 3 is 2.64 bits per heavy atom. The summed E-state index contributed by atoms with van der Waals surface area (Å²) >= 11 is 0. The van der Waals surface area contributed by atoms with Crippen LogP contribution in [0.3, 0.4) is 0 Å². The van der Waals surface area contributed by atoms with E-state index in [0.717, 1.165) is 38.4 Å². The summed E-state index contributed by atoms with van der Waals surface area (Å²) in [4.78, 5) is 0. The number of hydrogen-bond acceptors (Lipinski definition) is 1. The van der Waals surface area contributed by atoms with Gasteiger partial charge in [-0.3, -0.25) is 0 Å². The number of rotatable bonds is 9. The van der Waals surface area contributed by atoms with Gasteiger partial charge in [0.25, 0.3) is 0 Å². The zero-order valence-electron chi connectivity index (χ0n) is 9.67. The van der Waals surface area contributed by atoms with E-state index in [4.69, 9.17) is 4.74 Å². The Bertz CT molecular complexity index is 147. The molecule has 1 heteroatoms. The van der Waals surface area contributed by atoms with E-state index in [1.807, 2.05) is 6.08 Å². The van der Waals surface area contributed by atoms with Gasteiger partial charge >= 0.3 is 0 Å². The van der Waals surface area contributed by atoms with E-state index in [0.29, 0.717) is 0 Å². The highest BCUT2D eigenvalue weighted by Crippen LogP contribution is 1.99. The first-order valence-corrected chi connectivity index (χ1v) is 5.61. The van der Waals surface area contributed by atoms with Gasteiger partial charge in [-0.1, -0.05) is 32.1 Å². The number of hydrogen-bond donors (Lipinski definition) is 0. The maximum atomic E-state index is 5.44. The molecule has 0 unspecified atom stereocenters. The Balaban J connectivity index is 3.07. The second-order valence-electron chi connectivity index (χ2n) is 3.95. The molecular formula is C13H24O. The molecule has 0 aromatic rings. The molecule has 0 aromatic heterocycles. The van der Waals surface area contributed by atoms with Gasteiger partial charge in [0.05, 0.1) is 6.61 Å². The first kappa shape index (κ1) is 13.4. The highest BCUT2D eigenvalue weighted by atomic mass is 16.5. The van der Waals surface area contributed by atoms with Gasteiger partial charge in [-0.25, -0.2) is 0 Å². The zero-order valence-corrected chi connectivity index (χ0v) is 9.67. The smallest absolute Gasteiger partial charge is 0.0647 e. The highest BCUT2D eigenvalue weighted by Gasteiger charge is 1.91. The maximum absolute atomic E-state index is 5.44. The molecule has 0 amide bonds. The van der Waals surface area contributed by atoms with Crippen molar-refractivity contribution in [3.63, 3.8) is 0 Å². The predicted octanol–water partition coefficient (Wildman–Crippen LogP) is 3.96. The molecule has 0 heterocycles. The fraction of sp³-hybridized carbons (Fsp3) is 0.692. The third kappa shape index (κ3) is 11.4. The zero-order chi connectivity index (χ0) is 10.6. The molecule has 14 heavy (non-hydrogen) atoms. The molecule has 0 rings (SSSR count). The van der Waals surface area contributed by atoms with E-state index in [-0.39, 0.29) is 0 Å². The average molecular weight is 196 g/mol. The predicted molar refractivity (Wildman–Crippen MR) is 63.5 cm³/mol. The van der Waals surface area contributed by atoms with Crippen LogP contribution >= 0.6 is 0 Å². The van der Waals surface area contributed by atoms with Crippen molar-refractivity contribution >= 4 is 0 Å². The first-order valence-electron chi connectivity index (χ1n) is 5.61. The Hall–Kier alpha value is -0.560. The van der Waals surface area contributed by atoms with Crippen LogP contribution in [0.4, 0.5) is 0 Å². The molecule has 0 saturated heterocycles. The molecular weight excluding hydrogens is 172 g/mol. The molecule has 0 bridgehead atoms. The van der Waals surface area contributed by atoms with Gasteiger partial charge < -0.3 is 4.74 Å². The lowest BCUT2D eigenvalue weighted by atomic mass is 10.1. The van der Waals surface area contributed by atoms with Crippen molar-refractivity contribution in [3.05, 3.63) is 24.8 Å². The monoisotopic (exact) mass is 196 g/mol. The van der Waals surface area contributed by atoms with Gasteiger partial charge in [-0.05, 0) is 31.6 Å². The van der Waals surface area contributed by atoms with Crippen molar-refractivity contribution in [2.45, 2.75) is 39.5 Å². The van der Waals surface area contributed by atoms with Crippen LogP contribution < -0.4 is 0 Å². The van der Waals surface area contributed by atoms with E-state index < -0.39 is 0 Å². The number of unbranched alkanes of at least 4 members (excludes halogenated alkanes) is 2. The van der Waals surface area contributed by atoms with Crippen LogP contribution in [0.25, 0.3) is 0 Å². The van der Waals surface area contributed by atoms with Crippen molar-refractivity contribution in [1.29, 1.82) is 0 Å². The van der Waals surface area contributed by atoms with Crippen molar-refractivity contribution in [1.82, 2.24) is 0 Å². The minimum Gasteiger partial charge on any atom is -0.377 e. The van der Waals surface area contributed by atoms with Crippen LogP contribution in [0.2, 0.25) is 0 Å². The van der Waals surface area contributed by atoms with E-state index in [2.05, 4.69) is 32.6 Å². The average Bonchev–Trinajstić information content (AvgIpc) is 2.15. The molecule has 1 nitrogen and oxygen atoms in total. The summed E-state index contributed by atoms with van der Waals surface area (Å²) in [6.45, 7) is 9.77. The SMILES string of the molecule is C=CCCC/C=C/COCCC(C)C. The molecule has 0 spiro atoms. The highest BCUT2D eigenvalue weighted by molar-refractivity contribution is 4.82. The van der Waals surface area contributed by atoms with Crippen LogP contribution in [0.15, 0.2) is 24.8 Å². The van der Waals surface area contributed by atoms with Crippen molar-refractivity contribution in [3.8, 4) is 0 Å². The molecule has 0 atom stereocenters. The third-order valence-corrected chi connectivity index (χ3v) is 2.00. The van der Waals surface area contributed by atoms with Gasteiger partial charge in [0.15, 0.2) is 0 Å². The lowest BCUT2D eigenvalue weighted by molar-refractivity contribution is 0.149. The molecule has 0 aliphatic carbocycles. The van der Waals surface area contributed by atoms with Crippen LogP contribution in [-0.2, 0) is 4.74 Å². The molecule has 0 aliphatic rings. The normalized spacial score (nSPS) is 11.4. The first-order chi connectivity index (χ1) is 6.77. The van der Waals surface area contributed by atoms with Gasteiger partial charge in [0, 0.05) is 6.61 Å². The quantitative estimate of drug-likeness (QED) is 0.400. The third-order valence-electron chi connectivity index (χ3n) is 2.00. The molecule has 82 valence electrons. The summed E-state index contributed by atoms with van der Waals surface area (Å²) in [5.41, 5.74) is 0. The van der Waals surface area contributed by atoms with Gasteiger partial charge in [0.2, 0.25) is 0 Å². The summed E-state index contributed by atoms with van der Waals surface area (Å²) < 4.78 is 5.44. The van der Waals surface area contributed by atoms with Crippen molar-refractivity contribution in [2.75, 3.05) is 13.2 Å². The Morgan fingerprint density at radius 1 is 1.21 bits per heavy atom. The van der Waals surface area contributed by atoms with Gasteiger partial charge in [-0.15, -0.1) is 6.58 Å². The van der Waals surface area contributed by atoms with Crippen molar-refractivity contribution < 1.29 is 4.74 Å². The number of ether oxygens (including phenoxy) is 1. The molecule has 0 aromatic carbocycles. The lowest BCUT2D eigenvalue weighted by Gasteiger charge is -2.03. The summed E-state index contributed by atoms with van der Waals surface area (Å²) in [7, 11) is 0. The van der Waals surface area contributed by atoms with Crippen LogP contribution in [0, 0.1) is 5.92 Å². The summed E-state index contributed by atoms with van der Waals surface area (Å²) in [5.74, 6) is 0.742. The van der Waals surface area contributed by atoms with E-state index in [9.17, 15) is 0 Å². The largest absolute Gasteiger partial charge is 0.377 e. The van der Waals surface area contributed by atoms with Gasteiger partial charge in [0.1, 0.15) is 0 Å². The molecule has 0 saturated carbocycles. The van der Waals surface area contributed by atoms with Crippen LogP contribution in [0.1, 0.15) is 39.5 Å². The van der Waals surface area contributed by atoms with Crippen molar-refractivity contribution in [2.24, 2.45) is 5.92 Å². The fourth-order valence-electron chi connectivity index (χ4n) is 1.04. The molecule has 0 N–H and O–H groups in total. The second kappa shape index (κ2) is 10.5. The fourth-order valence-corrected chi connectivity index (χ4v) is 1.04. The minimum absolute atomic E-state index is 0.742. The molecule has 0 aliphatic heterocycles. The van der Waals surface area contributed by atoms with Crippen LogP contribution in [-0.4, -0.2) is 13.2 Å². The summed E-state index contributed by atoms with van der Waals surface area (Å²) in [5, 5.41) is 0. The Kier molecular flexibility index (Phi) is 10.1. The summed E-state index contributed by atoms with van der Waals surface area (Å²) in [6.07, 6.45) is 10.9. The van der Waals surface area contributed by atoms with E-state index >= 15 is 0 Å². The number of allylic oxidation sites excluding steroid dienone is 2. The lowest BCUT2D eigenvalue weighted by Crippen LogP contribution is -1.98. The maximum Gasteiger partial charge on any atom is 0.0647 e. The minimum atomic E-state index is 0.742. The molecule has 0 radical (unpaired) electrons. The Morgan fingerprint density at radius 2 is 2.00 bits per heavy atom. The second-order valence-corrected chi connectivity index (χ2v) is 3.95.